The zero-order valence-corrected chi connectivity index (χ0v) is 24.1. The van der Waals surface area contributed by atoms with Gasteiger partial charge in [-0.1, -0.05) is 63.1 Å². The van der Waals surface area contributed by atoms with Crippen molar-refractivity contribution in [3.63, 3.8) is 0 Å². The van der Waals surface area contributed by atoms with Gasteiger partial charge in [0.05, 0.1) is 25.0 Å². The highest BCUT2D eigenvalue weighted by Gasteiger charge is 2.72. The minimum atomic E-state index is -1.21. The summed E-state index contributed by atoms with van der Waals surface area (Å²) < 4.78 is 11.9. The molecule has 3 heterocycles. The molecule has 3 amide bonds. The summed E-state index contributed by atoms with van der Waals surface area (Å²) in [7, 11) is 1.60. The van der Waals surface area contributed by atoms with E-state index in [4.69, 9.17) is 9.47 Å². The second-order valence-electron chi connectivity index (χ2n) is 12.3. The van der Waals surface area contributed by atoms with Crippen LogP contribution in [0, 0.1) is 30.6 Å². The van der Waals surface area contributed by atoms with Crippen molar-refractivity contribution >= 4 is 23.4 Å². The third kappa shape index (κ3) is 4.72. The topological polar surface area (TPSA) is 97.0 Å². The summed E-state index contributed by atoms with van der Waals surface area (Å²) in [5, 5.41) is 6.31. The van der Waals surface area contributed by atoms with E-state index in [-0.39, 0.29) is 30.3 Å². The third-order valence-electron chi connectivity index (χ3n) is 9.73. The predicted molar refractivity (Wildman–Crippen MR) is 155 cm³/mol. The highest BCUT2D eigenvalue weighted by atomic mass is 16.5. The number of methoxy groups -OCH3 is 1. The molecule has 3 aliphatic heterocycles. The number of fused-ring (bicyclic) bond motifs is 1. The molecule has 1 saturated carbocycles. The lowest BCUT2D eigenvalue weighted by Crippen LogP contribution is -2.57. The molecule has 216 valence electrons. The van der Waals surface area contributed by atoms with Gasteiger partial charge in [-0.2, -0.15) is 0 Å². The fourth-order valence-electron chi connectivity index (χ4n) is 7.40. The molecule has 2 bridgehead atoms. The number of aryl methyl sites for hydroxylation is 1. The first kappa shape index (κ1) is 27.5. The van der Waals surface area contributed by atoms with Crippen LogP contribution in [0.5, 0.6) is 5.75 Å². The van der Waals surface area contributed by atoms with Crippen molar-refractivity contribution in [2.24, 2.45) is 23.7 Å². The molecule has 0 radical (unpaired) electrons. The van der Waals surface area contributed by atoms with Gasteiger partial charge in [0.2, 0.25) is 17.7 Å². The molecular weight excluding hydrogens is 518 g/mol. The van der Waals surface area contributed by atoms with Gasteiger partial charge in [0.25, 0.3) is 0 Å². The van der Waals surface area contributed by atoms with Crippen molar-refractivity contribution in [3.8, 4) is 5.75 Å². The number of likely N-dealkylation sites (tertiary alicyclic amines) is 1. The van der Waals surface area contributed by atoms with Crippen LogP contribution in [0.3, 0.4) is 0 Å². The Morgan fingerprint density at radius 2 is 1.90 bits per heavy atom. The van der Waals surface area contributed by atoms with E-state index in [1.807, 2.05) is 67.6 Å². The van der Waals surface area contributed by atoms with Crippen LogP contribution in [0.4, 0.5) is 5.69 Å². The van der Waals surface area contributed by atoms with Crippen molar-refractivity contribution in [1.82, 2.24) is 10.2 Å². The van der Waals surface area contributed by atoms with Crippen LogP contribution in [0.25, 0.3) is 0 Å². The number of nitrogens with zero attached hydrogens (tertiary/aromatic N) is 1. The Balaban J connectivity index is 1.34. The lowest BCUT2D eigenvalue weighted by Gasteiger charge is -2.38. The van der Waals surface area contributed by atoms with E-state index in [1.54, 1.807) is 12.0 Å². The van der Waals surface area contributed by atoms with Crippen molar-refractivity contribution in [3.05, 3.63) is 71.8 Å². The zero-order chi connectivity index (χ0) is 28.9. The van der Waals surface area contributed by atoms with E-state index < -0.39 is 29.6 Å². The smallest absolute Gasteiger partial charge is 0.246 e. The van der Waals surface area contributed by atoms with E-state index in [0.717, 1.165) is 30.4 Å². The SMILES string of the molecule is COc1cccc(CN2C(=O)[C@@H]3[C@H](C(=O)Nc4cccc(C)c4)[C@@H]4C=C[C@@]3(O4)[C@@H]2C(=O)N[C@@H]2CCC[C@H](C)[C@H]2C)c1. The summed E-state index contributed by atoms with van der Waals surface area (Å²) >= 11 is 0. The summed E-state index contributed by atoms with van der Waals surface area (Å²) in [5.74, 6) is -0.777. The van der Waals surface area contributed by atoms with Gasteiger partial charge in [-0.15, -0.1) is 0 Å². The third-order valence-corrected chi connectivity index (χ3v) is 9.73. The van der Waals surface area contributed by atoms with Gasteiger partial charge in [0.15, 0.2) is 0 Å². The average Bonchev–Trinajstić information content (AvgIpc) is 3.59. The Morgan fingerprint density at radius 1 is 1.10 bits per heavy atom. The van der Waals surface area contributed by atoms with Crippen molar-refractivity contribution in [1.29, 1.82) is 0 Å². The molecular formula is C33H39N3O5. The second kappa shape index (κ2) is 10.6. The van der Waals surface area contributed by atoms with Crippen molar-refractivity contribution < 1.29 is 23.9 Å². The molecule has 1 aliphatic carbocycles. The van der Waals surface area contributed by atoms with Crippen LogP contribution < -0.4 is 15.4 Å². The van der Waals surface area contributed by atoms with Crippen molar-refractivity contribution in [2.75, 3.05) is 12.4 Å². The number of amides is 3. The Bertz CT molecular complexity index is 1390. The van der Waals surface area contributed by atoms with Gasteiger partial charge in [0, 0.05) is 18.3 Å². The number of benzene rings is 2. The van der Waals surface area contributed by atoms with E-state index in [0.29, 0.717) is 23.3 Å². The number of carbonyl (C=O) groups excluding carboxylic acids is 3. The number of nitrogens with one attached hydrogen (secondary N) is 2. The summed E-state index contributed by atoms with van der Waals surface area (Å²) in [4.78, 5) is 43.8. The zero-order valence-electron chi connectivity index (χ0n) is 24.1. The standard InChI is InChI=1S/C33H39N3O5/c1-19-8-5-11-23(16-19)34-30(37)27-26-14-15-33(41-26)28(27)32(39)36(18-22-10-7-12-24(17-22)40-4)29(33)31(38)35-25-13-6-9-20(2)21(25)3/h5,7-8,10-12,14-17,20-21,25-29H,6,9,13,18H2,1-4H3,(H,34,37)(H,35,38)/t20-,21+,25+,26-,27+,28-,29-,33-/m0/s1. The summed E-state index contributed by atoms with van der Waals surface area (Å²) in [5.41, 5.74) is 1.32. The fraction of sp³-hybridized carbons (Fsp3) is 0.485. The van der Waals surface area contributed by atoms with Gasteiger partial charge < -0.3 is 25.0 Å². The van der Waals surface area contributed by atoms with Gasteiger partial charge in [0.1, 0.15) is 17.4 Å². The van der Waals surface area contributed by atoms with Crippen LogP contribution in [-0.2, 0) is 25.7 Å². The number of hydrogen-bond donors (Lipinski definition) is 2. The first-order valence-corrected chi connectivity index (χ1v) is 14.7. The minimum Gasteiger partial charge on any atom is -0.497 e. The summed E-state index contributed by atoms with van der Waals surface area (Å²) in [6, 6.07) is 14.2. The lowest BCUT2D eigenvalue weighted by atomic mass is 9.73. The molecule has 2 saturated heterocycles. The Hall–Kier alpha value is -3.65. The average molecular weight is 558 g/mol. The second-order valence-corrected chi connectivity index (χ2v) is 12.3. The van der Waals surface area contributed by atoms with Gasteiger partial charge in [-0.3, -0.25) is 14.4 Å². The minimum absolute atomic E-state index is 0.0264. The number of rotatable bonds is 7. The van der Waals surface area contributed by atoms with Crippen LogP contribution in [0.2, 0.25) is 0 Å². The Labute approximate surface area is 241 Å². The van der Waals surface area contributed by atoms with Gasteiger partial charge in [-0.05, 0) is 60.6 Å². The van der Waals surface area contributed by atoms with Gasteiger partial charge >= 0.3 is 0 Å². The monoisotopic (exact) mass is 557 g/mol. The van der Waals surface area contributed by atoms with Gasteiger partial charge in [-0.25, -0.2) is 0 Å². The summed E-state index contributed by atoms with van der Waals surface area (Å²) in [6.45, 7) is 6.58. The summed E-state index contributed by atoms with van der Waals surface area (Å²) in [6.07, 6.45) is 6.25. The maximum absolute atomic E-state index is 14.3. The molecule has 2 aromatic rings. The molecule has 6 rings (SSSR count). The number of anilines is 1. The molecule has 0 unspecified atom stereocenters. The predicted octanol–water partition coefficient (Wildman–Crippen LogP) is 4.23. The first-order valence-electron chi connectivity index (χ1n) is 14.7. The normalized spacial score (nSPS) is 33.5. The largest absolute Gasteiger partial charge is 0.497 e. The maximum atomic E-state index is 14.3. The first-order chi connectivity index (χ1) is 19.7. The van der Waals surface area contributed by atoms with E-state index >= 15 is 0 Å². The highest BCUT2D eigenvalue weighted by molar-refractivity contribution is 6.02. The molecule has 8 atom stereocenters. The molecule has 0 aromatic heterocycles. The number of hydrogen-bond acceptors (Lipinski definition) is 5. The number of ether oxygens (including phenoxy) is 2. The highest BCUT2D eigenvalue weighted by Crippen LogP contribution is 2.55. The van der Waals surface area contributed by atoms with Crippen LogP contribution in [-0.4, -0.2) is 53.5 Å². The Kier molecular flexibility index (Phi) is 7.14. The lowest BCUT2D eigenvalue weighted by molar-refractivity contribution is -0.142. The van der Waals surface area contributed by atoms with Crippen LogP contribution in [0.15, 0.2) is 60.7 Å². The molecule has 2 N–H and O–H groups in total. The molecule has 2 aromatic carbocycles. The molecule has 1 spiro atoms. The fourth-order valence-corrected chi connectivity index (χ4v) is 7.40. The molecule has 3 fully saturated rings. The van der Waals surface area contributed by atoms with E-state index in [1.165, 1.54) is 0 Å². The number of carbonyl (C=O) groups is 3. The Morgan fingerprint density at radius 3 is 2.68 bits per heavy atom. The van der Waals surface area contributed by atoms with Crippen molar-refractivity contribution in [2.45, 2.75) is 70.4 Å². The van der Waals surface area contributed by atoms with Crippen LogP contribution in [0.1, 0.15) is 44.2 Å². The molecule has 4 aliphatic rings. The maximum Gasteiger partial charge on any atom is 0.246 e. The molecule has 8 nitrogen and oxygen atoms in total. The quantitative estimate of drug-likeness (QED) is 0.497. The van der Waals surface area contributed by atoms with E-state index in [9.17, 15) is 14.4 Å². The van der Waals surface area contributed by atoms with E-state index in [2.05, 4.69) is 24.5 Å². The molecule has 8 heteroatoms. The van der Waals surface area contributed by atoms with Crippen LogP contribution >= 0.6 is 0 Å². The molecule has 41 heavy (non-hydrogen) atoms.